The van der Waals surface area contributed by atoms with E-state index in [-0.39, 0.29) is 0 Å². The molecule has 1 N–H and O–H groups in total. The van der Waals surface area contributed by atoms with Gasteiger partial charge in [-0.15, -0.1) is 0 Å². The fourth-order valence-corrected chi connectivity index (χ4v) is 1.86. The number of aryl methyl sites for hydroxylation is 2. The molecule has 0 amide bonds. The van der Waals surface area contributed by atoms with E-state index < -0.39 is 0 Å². The van der Waals surface area contributed by atoms with E-state index in [1.165, 1.54) is 5.56 Å². The van der Waals surface area contributed by atoms with Crippen LogP contribution in [0.1, 0.15) is 31.5 Å². The Morgan fingerprint density at radius 2 is 2.11 bits per heavy atom. The van der Waals surface area contributed by atoms with Crippen LogP contribution in [0.4, 0.5) is 0 Å². The Hall–Kier alpha value is -1.62. The quantitative estimate of drug-likeness (QED) is 0.811. The van der Waals surface area contributed by atoms with E-state index in [0.29, 0.717) is 0 Å². The van der Waals surface area contributed by atoms with Crippen molar-refractivity contribution in [1.29, 1.82) is 0 Å². The molecule has 0 aliphatic carbocycles. The van der Waals surface area contributed by atoms with E-state index in [2.05, 4.69) is 41.6 Å². The average Bonchev–Trinajstić information content (AvgIpc) is 2.99. The van der Waals surface area contributed by atoms with Crippen molar-refractivity contribution >= 4 is 0 Å². The van der Waals surface area contributed by atoms with Crippen molar-refractivity contribution in [2.24, 2.45) is 0 Å². The Kier molecular flexibility index (Phi) is 4.52. The third-order valence-corrected chi connectivity index (χ3v) is 2.79. The molecule has 0 aliphatic rings. The van der Waals surface area contributed by atoms with E-state index in [1.807, 2.05) is 21.8 Å². The second-order valence-corrected chi connectivity index (χ2v) is 4.38. The lowest BCUT2D eigenvalue weighted by atomic mass is 10.3. The fraction of sp³-hybridized carbons (Fsp3) is 0.538. The Labute approximate surface area is 108 Å². The minimum Gasteiger partial charge on any atom is -0.307 e. The third-order valence-electron chi connectivity index (χ3n) is 2.79. The zero-order valence-electron chi connectivity index (χ0n) is 11.1. The van der Waals surface area contributed by atoms with Crippen LogP contribution in [-0.2, 0) is 26.2 Å². The van der Waals surface area contributed by atoms with Crippen LogP contribution in [0.5, 0.6) is 0 Å². The molecule has 2 heterocycles. The van der Waals surface area contributed by atoms with Crippen LogP contribution in [0, 0.1) is 0 Å². The van der Waals surface area contributed by atoms with Crippen LogP contribution < -0.4 is 5.32 Å². The molecule has 2 rings (SSSR count). The Morgan fingerprint density at radius 1 is 1.22 bits per heavy atom. The van der Waals surface area contributed by atoms with E-state index in [4.69, 9.17) is 0 Å². The summed E-state index contributed by atoms with van der Waals surface area (Å²) < 4.78 is 3.93. The van der Waals surface area contributed by atoms with E-state index >= 15 is 0 Å². The molecule has 0 radical (unpaired) electrons. The largest absolute Gasteiger partial charge is 0.307 e. The highest BCUT2D eigenvalue weighted by atomic mass is 15.3. The van der Waals surface area contributed by atoms with Gasteiger partial charge in [-0.2, -0.15) is 10.2 Å². The predicted octanol–water partition coefficient (Wildman–Crippen LogP) is 1.80. The van der Waals surface area contributed by atoms with Crippen LogP contribution in [0.25, 0.3) is 0 Å². The highest BCUT2D eigenvalue weighted by molar-refractivity contribution is 5.04. The number of nitrogens with one attached hydrogen (secondary N) is 1. The summed E-state index contributed by atoms with van der Waals surface area (Å²) >= 11 is 0. The summed E-state index contributed by atoms with van der Waals surface area (Å²) in [5, 5.41) is 12.1. The summed E-state index contributed by atoms with van der Waals surface area (Å²) in [5.74, 6) is 0. The second-order valence-electron chi connectivity index (χ2n) is 4.38. The van der Waals surface area contributed by atoms with Gasteiger partial charge in [0, 0.05) is 44.1 Å². The molecule has 2 aromatic heterocycles. The van der Waals surface area contributed by atoms with Gasteiger partial charge in [0.25, 0.3) is 0 Å². The SMILES string of the molecule is CCCn1cc(CNCc2ccn(CC)n2)cn1. The molecule has 0 aromatic carbocycles. The Balaban J connectivity index is 1.77. The highest BCUT2D eigenvalue weighted by Crippen LogP contribution is 2.00. The summed E-state index contributed by atoms with van der Waals surface area (Å²) in [4.78, 5) is 0. The lowest BCUT2D eigenvalue weighted by Crippen LogP contribution is -2.13. The van der Waals surface area contributed by atoms with Crippen molar-refractivity contribution in [3.05, 3.63) is 35.9 Å². The first-order valence-electron chi connectivity index (χ1n) is 6.56. The van der Waals surface area contributed by atoms with Crippen LogP contribution in [0.2, 0.25) is 0 Å². The van der Waals surface area contributed by atoms with Gasteiger partial charge in [0.05, 0.1) is 11.9 Å². The molecule has 0 bridgehead atoms. The molecule has 98 valence electrons. The highest BCUT2D eigenvalue weighted by Gasteiger charge is 2.00. The van der Waals surface area contributed by atoms with Crippen molar-refractivity contribution in [1.82, 2.24) is 24.9 Å². The van der Waals surface area contributed by atoms with Crippen molar-refractivity contribution in [2.75, 3.05) is 0 Å². The summed E-state index contributed by atoms with van der Waals surface area (Å²) in [5.41, 5.74) is 2.30. The lowest BCUT2D eigenvalue weighted by Gasteiger charge is -2.00. The fourth-order valence-electron chi connectivity index (χ4n) is 1.86. The molecule has 0 saturated carbocycles. The number of hydrogen-bond donors (Lipinski definition) is 1. The Bertz CT molecular complexity index is 471. The molecule has 0 unspecified atom stereocenters. The number of aromatic nitrogens is 4. The minimum atomic E-state index is 0.798. The molecule has 0 fully saturated rings. The molecule has 0 spiro atoms. The summed E-state index contributed by atoms with van der Waals surface area (Å²) in [6.07, 6.45) is 7.15. The van der Waals surface area contributed by atoms with Crippen LogP contribution >= 0.6 is 0 Å². The summed E-state index contributed by atoms with van der Waals surface area (Å²) in [6, 6.07) is 2.05. The lowest BCUT2D eigenvalue weighted by molar-refractivity contribution is 0.600. The van der Waals surface area contributed by atoms with Gasteiger partial charge in [0.15, 0.2) is 0 Å². The molecule has 18 heavy (non-hydrogen) atoms. The number of hydrogen-bond acceptors (Lipinski definition) is 3. The van der Waals surface area contributed by atoms with Crippen LogP contribution in [0.3, 0.4) is 0 Å². The van der Waals surface area contributed by atoms with Crippen LogP contribution in [-0.4, -0.2) is 19.6 Å². The van der Waals surface area contributed by atoms with E-state index in [0.717, 1.165) is 38.3 Å². The molecular weight excluding hydrogens is 226 g/mol. The van der Waals surface area contributed by atoms with Crippen molar-refractivity contribution in [3.8, 4) is 0 Å². The van der Waals surface area contributed by atoms with Gasteiger partial charge in [-0.05, 0) is 19.4 Å². The normalized spacial score (nSPS) is 11.0. The molecule has 0 atom stereocenters. The predicted molar refractivity (Wildman–Crippen MR) is 71.0 cm³/mol. The molecule has 0 saturated heterocycles. The van der Waals surface area contributed by atoms with Crippen LogP contribution in [0.15, 0.2) is 24.7 Å². The molecule has 5 nitrogen and oxygen atoms in total. The molecular formula is C13H21N5. The average molecular weight is 247 g/mol. The van der Waals surface area contributed by atoms with Crippen molar-refractivity contribution < 1.29 is 0 Å². The monoisotopic (exact) mass is 247 g/mol. The zero-order valence-corrected chi connectivity index (χ0v) is 11.1. The first-order chi connectivity index (χ1) is 8.81. The van der Waals surface area contributed by atoms with Gasteiger partial charge >= 0.3 is 0 Å². The second kappa shape index (κ2) is 6.35. The van der Waals surface area contributed by atoms with Gasteiger partial charge in [-0.25, -0.2) is 0 Å². The smallest absolute Gasteiger partial charge is 0.0762 e. The minimum absolute atomic E-state index is 0.798. The van der Waals surface area contributed by atoms with Gasteiger partial charge in [0.1, 0.15) is 0 Å². The van der Waals surface area contributed by atoms with Gasteiger partial charge in [0.2, 0.25) is 0 Å². The van der Waals surface area contributed by atoms with Crippen molar-refractivity contribution in [2.45, 2.75) is 46.4 Å². The molecule has 2 aromatic rings. The Morgan fingerprint density at radius 3 is 2.83 bits per heavy atom. The van der Waals surface area contributed by atoms with Gasteiger partial charge in [-0.1, -0.05) is 6.92 Å². The van der Waals surface area contributed by atoms with Gasteiger partial charge < -0.3 is 5.32 Å². The van der Waals surface area contributed by atoms with E-state index in [9.17, 15) is 0 Å². The standard InChI is InChI=1S/C13H21N5/c1-3-6-18-11-12(9-15-18)8-14-10-13-5-7-17(4-2)16-13/h5,7,9,11,14H,3-4,6,8,10H2,1-2H3. The maximum absolute atomic E-state index is 4.43. The number of rotatable bonds is 7. The number of nitrogens with zero attached hydrogens (tertiary/aromatic N) is 4. The maximum atomic E-state index is 4.43. The summed E-state index contributed by atoms with van der Waals surface area (Å²) in [7, 11) is 0. The maximum Gasteiger partial charge on any atom is 0.0762 e. The molecule has 5 heteroatoms. The molecule has 0 aliphatic heterocycles. The first kappa shape index (κ1) is 12.8. The first-order valence-corrected chi connectivity index (χ1v) is 6.56. The zero-order chi connectivity index (χ0) is 12.8. The summed E-state index contributed by atoms with van der Waals surface area (Å²) in [6.45, 7) is 7.79. The third kappa shape index (κ3) is 3.43. The van der Waals surface area contributed by atoms with Crippen molar-refractivity contribution in [3.63, 3.8) is 0 Å². The van der Waals surface area contributed by atoms with E-state index in [1.54, 1.807) is 0 Å². The van der Waals surface area contributed by atoms with Gasteiger partial charge in [-0.3, -0.25) is 9.36 Å². The topological polar surface area (TPSA) is 47.7 Å².